The van der Waals surface area contributed by atoms with Crippen molar-refractivity contribution in [3.63, 3.8) is 0 Å². The predicted molar refractivity (Wildman–Crippen MR) is 71.1 cm³/mol. The van der Waals surface area contributed by atoms with Crippen molar-refractivity contribution in [3.8, 4) is 0 Å². The summed E-state index contributed by atoms with van der Waals surface area (Å²) in [4.78, 5) is 20.9. The Balaban J connectivity index is 0.00000162. The summed E-state index contributed by atoms with van der Waals surface area (Å²) in [6.07, 6.45) is 6.50. The predicted octanol–water partition coefficient (Wildman–Crippen LogP) is 1.98. The first-order valence-electron chi connectivity index (χ1n) is 5.98. The van der Waals surface area contributed by atoms with E-state index in [2.05, 4.69) is 14.9 Å². The van der Waals surface area contributed by atoms with Crippen molar-refractivity contribution in [2.75, 3.05) is 18.0 Å². The number of anilines is 1. The van der Waals surface area contributed by atoms with E-state index in [1.807, 2.05) is 6.07 Å². The van der Waals surface area contributed by atoms with E-state index in [-0.39, 0.29) is 18.8 Å². The van der Waals surface area contributed by atoms with Crippen LogP contribution in [0.2, 0.25) is 0 Å². The Morgan fingerprint density at radius 2 is 2.17 bits per heavy atom. The molecule has 0 amide bonds. The monoisotopic (exact) mass is 271 g/mol. The molecule has 0 spiro atoms. The molecule has 0 saturated carbocycles. The van der Waals surface area contributed by atoms with E-state index in [0.717, 1.165) is 38.2 Å². The average molecular weight is 272 g/mol. The summed E-state index contributed by atoms with van der Waals surface area (Å²) in [5, 5.41) is 8.65. The number of rotatable bonds is 4. The maximum Gasteiger partial charge on any atom is 0.303 e. The quantitative estimate of drug-likeness (QED) is 0.907. The molecule has 0 unspecified atom stereocenters. The molecule has 1 aromatic heterocycles. The van der Waals surface area contributed by atoms with Crippen LogP contribution in [0.1, 0.15) is 25.7 Å². The van der Waals surface area contributed by atoms with Gasteiger partial charge in [0.05, 0.1) is 0 Å². The number of halogens is 1. The number of nitrogens with zero attached hydrogens (tertiary/aromatic N) is 3. The molecular weight excluding hydrogens is 254 g/mol. The fourth-order valence-corrected chi connectivity index (χ4v) is 2.25. The van der Waals surface area contributed by atoms with Crippen LogP contribution in [0.5, 0.6) is 0 Å². The van der Waals surface area contributed by atoms with Crippen LogP contribution in [0.15, 0.2) is 18.6 Å². The van der Waals surface area contributed by atoms with Gasteiger partial charge in [0.1, 0.15) is 12.1 Å². The number of hydrogen-bond acceptors (Lipinski definition) is 4. The Morgan fingerprint density at radius 1 is 1.44 bits per heavy atom. The summed E-state index contributed by atoms with van der Waals surface area (Å²) < 4.78 is 0. The van der Waals surface area contributed by atoms with E-state index in [0.29, 0.717) is 5.92 Å². The smallest absolute Gasteiger partial charge is 0.303 e. The molecule has 1 aliphatic heterocycles. The molecule has 18 heavy (non-hydrogen) atoms. The van der Waals surface area contributed by atoms with Gasteiger partial charge in [-0.2, -0.15) is 0 Å². The maximum atomic E-state index is 10.5. The van der Waals surface area contributed by atoms with E-state index in [1.165, 1.54) is 0 Å². The van der Waals surface area contributed by atoms with Crippen LogP contribution in [0, 0.1) is 5.92 Å². The van der Waals surface area contributed by atoms with Gasteiger partial charge in [-0.05, 0) is 31.2 Å². The van der Waals surface area contributed by atoms with Crippen molar-refractivity contribution >= 4 is 24.2 Å². The molecule has 0 aromatic carbocycles. The molecule has 1 fully saturated rings. The molecule has 2 rings (SSSR count). The third-order valence-corrected chi connectivity index (χ3v) is 3.27. The third kappa shape index (κ3) is 4.14. The van der Waals surface area contributed by atoms with Gasteiger partial charge in [-0.1, -0.05) is 0 Å². The molecule has 0 bridgehead atoms. The first kappa shape index (κ1) is 14.7. The van der Waals surface area contributed by atoms with Crippen molar-refractivity contribution in [1.82, 2.24) is 9.97 Å². The lowest BCUT2D eigenvalue weighted by molar-refractivity contribution is -0.137. The fourth-order valence-electron chi connectivity index (χ4n) is 2.25. The lowest BCUT2D eigenvalue weighted by Gasteiger charge is -2.32. The standard InChI is InChI=1S/C12H17N3O2.ClH/c16-12(17)2-1-10-4-7-15(8-5-10)11-3-6-13-9-14-11;/h3,6,9-10H,1-2,4-5,7-8H2,(H,16,17);1H. The van der Waals surface area contributed by atoms with Crippen molar-refractivity contribution in [3.05, 3.63) is 18.6 Å². The van der Waals surface area contributed by atoms with Gasteiger partial charge in [-0.15, -0.1) is 12.4 Å². The second kappa shape index (κ2) is 7.16. The van der Waals surface area contributed by atoms with Crippen molar-refractivity contribution < 1.29 is 9.90 Å². The molecule has 100 valence electrons. The number of aromatic nitrogens is 2. The van der Waals surface area contributed by atoms with Crippen LogP contribution in [-0.4, -0.2) is 34.1 Å². The first-order chi connectivity index (χ1) is 8.25. The van der Waals surface area contributed by atoms with Crippen LogP contribution in [0.3, 0.4) is 0 Å². The highest BCUT2D eigenvalue weighted by molar-refractivity contribution is 5.85. The fraction of sp³-hybridized carbons (Fsp3) is 0.583. The molecule has 0 radical (unpaired) electrons. The minimum Gasteiger partial charge on any atom is -0.481 e. The van der Waals surface area contributed by atoms with Crippen LogP contribution in [0.4, 0.5) is 5.82 Å². The molecule has 1 aliphatic rings. The van der Waals surface area contributed by atoms with E-state index >= 15 is 0 Å². The van der Waals surface area contributed by atoms with Crippen LogP contribution < -0.4 is 4.90 Å². The zero-order valence-electron chi connectivity index (χ0n) is 10.2. The summed E-state index contributed by atoms with van der Waals surface area (Å²) in [5.74, 6) is 0.823. The van der Waals surface area contributed by atoms with Crippen molar-refractivity contribution in [2.24, 2.45) is 5.92 Å². The van der Waals surface area contributed by atoms with Gasteiger partial charge < -0.3 is 10.0 Å². The molecule has 1 saturated heterocycles. The molecule has 2 heterocycles. The number of carbonyl (C=O) groups is 1. The lowest BCUT2D eigenvalue weighted by Crippen LogP contribution is -2.34. The van der Waals surface area contributed by atoms with Crippen LogP contribution >= 0.6 is 12.4 Å². The average Bonchev–Trinajstić information content (AvgIpc) is 2.38. The Hall–Kier alpha value is -1.36. The summed E-state index contributed by atoms with van der Waals surface area (Å²) >= 11 is 0. The van der Waals surface area contributed by atoms with E-state index in [1.54, 1.807) is 12.5 Å². The molecule has 1 aromatic rings. The third-order valence-electron chi connectivity index (χ3n) is 3.27. The van der Waals surface area contributed by atoms with Gasteiger partial charge >= 0.3 is 5.97 Å². The Bertz CT molecular complexity index is 367. The highest BCUT2D eigenvalue weighted by Crippen LogP contribution is 2.24. The van der Waals surface area contributed by atoms with Crippen LogP contribution in [-0.2, 0) is 4.79 Å². The highest BCUT2D eigenvalue weighted by Gasteiger charge is 2.20. The topological polar surface area (TPSA) is 66.3 Å². The van der Waals surface area contributed by atoms with E-state index in [4.69, 9.17) is 5.11 Å². The van der Waals surface area contributed by atoms with E-state index < -0.39 is 5.97 Å². The normalized spacial score (nSPS) is 16.1. The molecule has 1 N–H and O–H groups in total. The van der Waals surface area contributed by atoms with Crippen molar-refractivity contribution in [2.45, 2.75) is 25.7 Å². The second-order valence-electron chi connectivity index (χ2n) is 4.43. The summed E-state index contributed by atoms with van der Waals surface area (Å²) in [6.45, 7) is 1.92. The van der Waals surface area contributed by atoms with E-state index in [9.17, 15) is 4.79 Å². The number of hydrogen-bond donors (Lipinski definition) is 1. The summed E-state index contributed by atoms with van der Waals surface area (Å²) in [7, 11) is 0. The van der Waals surface area contributed by atoms with Crippen LogP contribution in [0.25, 0.3) is 0 Å². The summed E-state index contributed by atoms with van der Waals surface area (Å²) in [6, 6.07) is 1.91. The molecule has 5 nitrogen and oxygen atoms in total. The van der Waals surface area contributed by atoms with Gasteiger partial charge in [0.25, 0.3) is 0 Å². The zero-order chi connectivity index (χ0) is 12.1. The number of aliphatic carboxylic acids is 1. The molecular formula is C12H18ClN3O2. The number of carboxylic acid groups (broad SMARTS) is 1. The minimum absolute atomic E-state index is 0. The first-order valence-corrected chi connectivity index (χ1v) is 5.98. The van der Waals surface area contributed by atoms with Gasteiger partial charge in [0.15, 0.2) is 0 Å². The summed E-state index contributed by atoms with van der Waals surface area (Å²) in [5.41, 5.74) is 0. The SMILES string of the molecule is Cl.O=C(O)CCC1CCN(c2ccncn2)CC1. The van der Waals surface area contributed by atoms with Gasteiger partial charge in [-0.25, -0.2) is 9.97 Å². The second-order valence-corrected chi connectivity index (χ2v) is 4.43. The highest BCUT2D eigenvalue weighted by atomic mass is 35.5. The number of carboxylic acids is 1. The zero-order valence-corrected chi connectivity index (χ0v) is 11.0. The minimum atomic E-state index is -0.691. The molecule has 6 heteroatoms. The maximum absolute atomic E-state index is 10.5. The van der Waals surface area contributed by atoms with Crippen molar-refractivity contribution in [1.29, 1.82) is 0 Å². The van der Waals surface area contributed by atoms with Gasteiger partial charge in [0, 0.05) is 25.7 Å². The van der Waals surface area contributed by atoms with Gasteiger partial charge in [-0.3, -0.25) is 4.79 Å². The Kier molecular flexibility index (Phi) is 5.85. The molecule has 0 atom stereocenters. The largest absolute Gasteiger partial charge is 0.481 e. The lowest BCUT2D eigenvalue weighted by atomic mass is 9.92. The Morgan fingerprint density at radius 3 is 2.72 bits per heavy atom. The number of piperidine rings is 1. The molecule has 0 aliphatic carbocycles. The van der Waals surface area contributed by atoms with Gasteiger partial charge in [0.2, 0.25) is 0 Å². The Labute approximate surface area is 113 Å².